The minimum Gasteiger partial charge on any atom is -0.356 e. The zero-order valence-electron chi connectivity index (χ0n) is 12.1. The molecule has 0 fully saturated rings. The van der Waals surface area contributed by atoms with Gasteiger partial charge in [-0.15, -0.1) is 30.6 Å². The average molecular weight is 400 g/mol. The van der Waals surface area contributed by atoms with Gasteiger partial charge in [-0.1, -0.05) is 24.3 Å². The lowest BCUT2D eigenvalue weighted by atomic mass is 9.90. The molecule has 21 heavy (non-hydrogen) atoms. The second-order valence-corrected chi connectivity index (χ2v) is 4.66. The summed E-state index contributed by atoms with van der Waals surface area (Å²) in [5.41, 5.74) is 2.07. The molecule has 6 heteroatoms. The molecule has 0 spiro atoms. The van der Waals surface area contributed by atoms with Crippen molar-refractivity contribution in [3.63, 3.8) is 0 Å². The molecule has 1 unspecified atom stereocenters. The van der Waals surface area contributed by atoms with Crippen LogP contribution >= 0.6 is 24.0 Å². The van der Waals surface area contributed by atoms with Gasteiger partial charge in [0.1, 0.15) is 0 Å². The number of fused-ring (bicyclic) bond motifs is 1. The van der Waals surface area contributed by atoms with Crippen molar-refractivity contribution in [2.24, 2.45) is 4.99 Å². The fourth-order valence-electron chi connectivity index (χ4n) is 2.29. The normalized spacial score (nSPS) is 17.1. The van der Waals surface area contributed by atoms with Gasteiger partial charge in [0.15, 0.2) is 5.96 Å². The Morgan fingerprint density at radius 2 is 2.24 bits per heavy atom. The minimum atomic E-state index is 0. The van der Waals surface area contributed by atoms with Crippen molar-refractivity contribution in [3.05, 3.63) is 42.5 Å². The number of hydrogen-bond acceptors (Lipinski definition) is 2. The van der Waals surface area contributed by atoms with E-state index < -0.39 is 0 Å². The quantitative estimate of drug-likeness (QED) is 0.314. The maximum Gasteiger partial charge on any atom is 0.225 e. The van der Waals surface area contributed by atoms with Crippen molar-refractivity contribution in [2.45, 2.75) is 12.3 Å². The summed E-state index contributed by atoms with van der Waals surface area (Å²) < 4.78 is 0. The van der Waals surface area contributed by atoms with Crippen LogP contribution in [0.4, 0.5) is 5.69 Å². The largest absolute Gasteiger partial charge is 0.356 e. The number of nitrogens with zero attached hydrogens (tertiary/aromatic N) is 1. The predicted molar refractivity (Wildman–Crippen MR) is 97.4 cm³/mol. The summed E-state index contributed by atoms with van der Waals surface area (Å²) in [6.07, 6.45) is 2.26. The lowest BCUT2D eigenvalue weighted by molar-refractivity contribution is -0.116. The molecule has 0 radical (unpaired) electrons. The van der Waals surface area contributed by atoms with Gasteiger partial charge >= 0.3 is 0 Å². The van der Waals surface area contributed by atoms with E-state index in [4.69, 9.17) is 0 Å². The van der Waals surface area contributed by atoms with Gasteiger partial charge in [0.2, 0.25) is 5.91 Å². The van der Waals surface area contributed by atoms with Crippen molar-refractivity contribution in [1.82, 2.24) is 10.6 Å². The van der Waals surface area contributed by atoms with Crippen LogP contribution in [0.2, 0.25) is 0 Å². The average Bonchev–Trinajstić information content (AvgIpc) is 2.47. The monoisotopic (exact) mass is 400 g/mol. The smallest absolute Gasteiger partial charge is 0.225 e. The lowest BCUT2D eigenvalue weighted by Crippen LogP contribution is -2.40. The maximum atomic E-state index is 11.7. The number of aliphatic imine (C=N–C) groups is 1. The van der Waals surface area contributed by atoms with Crippen LogP contribution in [0.3, 0.4) is 0 Å². The Kier molecular flexibility index (Phi) is 7.21. The van der Waals surface area contributed by atoms with Crippen molar-refractivity contribution in [2.75, 3.05) is 25.5 Å². The molecule has 0 aromatic heterocycles. The van der Waals surface area contributed by atoms with Crippen LogP contribution in [0, 0.1) is 0 Å². The second-order valence-electron chi connectivity index (χ2n) is 4.66. The molecular weight excluding hydrogens is 379 g/mol. The third-order valence-electron chi connectivity index (χ3n) is 3.26. The molecule has 1 aliphatic rings. The van der Waals surface area contributed by atoms with Crippen LogP contribution in [0.15, 0.2) is 41.9 Å². The fourth-order valence-corrected chi connectivity index (χ4v) is 2.29. The molecule has 2 rings (SSSR count). The zero-order chi connectivity index (χ0) is 14.4. The van der Waals surface area contributed by atoms with Crippen molar-refractivity contribution >= 4 is 41.5 Å². The first-order valence-corrected chi connectivity index (χ1v) is 6.68. The van der Waals surface area contributed by atoms with Crippen LogP contribution in [-0.4, -0.2) is 32.0 Å². The summed E-state index contributed by atoms with van der Waals surface area (Å²) in [6.45, 7) is 4.98. The number of rotatable bonds is 4. The summed E-state index contributed by atoms with van der Waals surface area (Å²) in [5.74, 6) is 0.931. The second kappa shape index (κ2) is 8.66. The number of nitrogens with one attached hydrogen (secondary N) is 3. The Balaban J connectivity index is 0.00000220. The van der Waals surface area contributed by atoms with Gasteiger partial charge in [-0.2, -0.15) is 0 Å². The molecule has 5 nitrogen and oxygen atoms in total. The van der Waals surface area contributed by atoms with Gasteiger partial charge in [0.05, 0.1) is 0 Å². The predicted octanol–water partition coefficient (Wildman–Crippen LogP) is 2.08. The first-order chi connectivity index (χ1) is 9.74. The fraction of sp³-hybridized carbons (Fsp3) is 0.333. The molecule has 0 aliphatic carbocycles. The molecular formula is C15H21IN4O. The highest BCUT2D eigenvalue weighted by molar-refractivity contribution is 14.0. The Labute approximate surface area is 142 Å². The van der Waals surface area contributed by atoms with E-state index in [0.717, 1.165) is 5.69 Å². The number of benzene rings is 1. The van der Waals surface area contributed by atoms with E-state index in [2.05, 4.69) is 33.6 Å². The summed E-state index contributed by atoms with van der Waals surface area (Å²) in [7, 11) is 1.72. The van der Waals surface area contributed by atoms with Crippen LogP contribution in [0.1, 0.15) is 17.9 Å². The molecule has 1 aromatic rings. The number of halogens is 1. The van der Waals surface area contributed by atoms with Gasteiger partial charge in [-0.05, 0) is 11.6 Å². The third-order valence-corrected chi connectivity index (χ3v) is 3.26. The van der Waals surface area contributed by atoms with E-state index in [0.29, 0.717) is 25.5 Å². The molecule has 0 saturated heterocycles. The van der Waals surface area contributed by atoms with Gasteiger partial charge in [-0.3, -0.25) is 9.79 Å². The van der Waals surface area contributed by atoms with Crippen LogP contribution < -0.4 is 16.0 Å². The molecule has 0 bridgehead atoms. The lowest BCUT2D eigenvalue weighted by Gasteiger charge is -2.26. The number of carbonyl (C=O) groups is 1. The van der Waals surface area contributed by atoms with Crippen LogP contribution in [-0.2, 0) is 4.79 Å². The maximum absolute atomic E-state index is 11.7. The van der Waals surface area contributed by atoms with E-state index in [1.165, 1.54) is 5.56 Å². The van der Waals surface area contributed by atoms with Crippen LogP contribution in [0.5, 0.6) is 0 Å². The summed E-state index contributed by atoms with van der Waals surface area (Å²) in [5, 5.41) is 9.26. The summed E-state index contributed by atoms with van der Waals surface area (Å²) in [4.78, 5) is 15.9. The highest BCUT2D eigenvalue weighted by Gasteiger charge is 2.24. The number of para-hydroxylation sites is 1. The number of guanidine groups is 1. The van der Waals surface area contributed by atoms with E-state index in [1.807, 2.05) is 18.2 Å². The number of anilines is 1. The van der Waals surface area contributed by atoms with Gasteiger partial charge in [0, 0.05) is 38.2 Å². The number of hydrogen-bond donors (Lipinski definition) is 3. The van der Waals surface area contributed by atoms with E-state index in [-0.39, 0.29) is 35.8 Å². The highest BCUT2D eigenvalue weighted by atomic mass is 127. The Hall–Kier alpha value is -1.57. The van der Waals surface area contributed by atoms with Crippen molar-refractivity contribution in [3.8, 4) is 0 Å². The molecule has 1 amide bonds. The zero-order valence-corrected chi connectivity index (χ0v) is 14.4. The van der Waals surface area contributed by atoms with Crippen molar-refractivity contribution in [1.29, 1.82) is 0 Å². The van der Waals surface area contributed by atoms with E-state index >= 15 is 0 Å². The molecule has 1 aliphatic heterocycles. The van der Waals surface area contributed by atoms with Crippen molar-refractivity contribution < 1.29 is 4.79 Å². The summed E-state index contributed by atoms with van der Waals surface area (Å²) in [6, 6.07) is 7.92. The van der Waals surface area contributed by atoms with Crippen LogP contribution in [0.25, 0.3) is 0 Å². The topological polar surface area (TPSA) is 65.5 Å². The first kappa shape index (κ1) is 17.5. The Morgan fingerprint density at radius 1 is 1.48 bits per heavy atom. The highest BCUT2D eigenvalue weighted by Crippen LogP contribution is 2.31. The molecule has 114 valence electrons. The molecule has 3 N–H and O–H groups in total. The molecule has 1 aromatic carbocycles. The van der Waals surface area contributed by atoms with Gasteiger partial charge in [-0.25, -0.2) is 0 Å². The summed E-state index contributed by atoms with van der Waals surface area (Å²) >= 11 is 0. The SMILES string of the molecule is C=CCNC(=NC)NCC1CC(=O)Nc2ccccc21.I. The van der Waals surface area contributed by atoms with E-state index in [9.17, 15) is 4.79 Å². The minimum absolute atomic E-state index is 0. The van der Waals surface area contributed by atoms with E-state index in [1.54, 1.807) is 13.1 Å². The number of amides is 1. The van der Waals surface area contributed by atoms with Gasteiger partial charge in [0.25, 0.3) is 0 Å². The Bertz CT molecular complexity index is 530. The molecule has 1 atom stereocenters. The molecule has 0 saturated carbocycles. The third kappa shape index (κ3) is 4.73. The first-order valence-electron chi connectivity index (χ1n) is 6.68. The standard InChI is InChI=1S/C15H20N4O.HI/c1-3-8-17-15(16-2)18-10-11-9-14(20)19-13-7-5-4-6-12(11)13;/h3-7,11H,1,8-10H2,2H3,(H,19,20)(H2,16,17,18);1H. The van der Waals surface area contributed by atoms with Gasteiger partial charge < -0.3 is 16.0 Å². The molecule has 1 heterocycles. The number of carbonyl (C=O) groups excluding carboxylic acids is 1. The Morgan fingerprint density at radius 3 is 2.95 bits per heavy atom.